The minimum atomic E-state index is -3.78. The standard InChI is InChI=1S/C13H17Cl2NO4S/c1-8-12(3-4-20-8)16(2)21(18,19)13-5-9(7-17)10(14)6-11(13)15/h5-6,8,12,17H,3-4,7H2,1-2H3. The second-order valence-corrected chi connectivity index (χ2v) is 7.77. The Hall–Kier alpha value is -0.370. The third-order valence-corrected chi connectivity index (χ3v) is 6.43. The molecule has 8 heteroatoms. The molecule has 118 valence electrons. The van der Waals surface area contributed by atoms with Crippen molar-refractivity contribution in [2.24, 2.45) is 0 Å². The summed E-state index contributed by atoms with van der Waals surface area (Å²) in [6.45, 7) is 2.01. The number of benzene rings is 1. The van der Waals surface area contributed by atoms with Crippen molar-refractivity contribution in [2.75, 3.05) is 13.7 Å². The lowest BCUT2D eigenvalue weighted by Crippen LogP contribution is -2.41. The second kappa shape index (κ2) is 6.40. The average molecular weight is 354 g/mol. The molecule has 1 fully saturated rings. The van der Waals surface area contributed by atoms with Crippen molar-refractivity contribution >= 4 is 33.2 Å². The van der Waals surface area contributed by atoms with E-state index in [0.717, 1.165) is 0 Å². The summed E-state index contributed by atoms with van der Waals surface area (Å²) >= 11 is 11.9. The van der Waals surface area contributed by atoms with Gasteiger partial charge in [0.2, 0.25) is 10.0 Å². The molecule has 1 saturated heterocycles. The molecule has 0 radical (unpaired) electrons. The number of hydrogen-bond acceptors (Lipinski definition) is 4. The van der Waals surface area contributed by atoms with Gasteiger partial charge in [0, 0.05) is 18.7 Å². The number of ether oxygens (including phenoxy) is 1. The van der Waals surface area contributed by atoms with Crippen molar-refractivity contribution in [1.82, 2.24) is 4.31 Å². The van der Waals surface area contributed by atoms with Crippen LogP contribution in [-0.4, -0.2) is 43.6 Å². The van der Waals surface area contributed by atoms with Gasteiger partial charge in [0.15, 0.2) is 0 Å². The molecule has 2 unspecified atom stereocenters. The van der Waals surface area contributed by atoms with Crippen LogP contribution in [0.3, 0.4) is 0 Å². The fourth-order valence-electron chi connectivity index (χ4n) is 2.42. The summed E-state index contributed by atoms with van der Waals surface area (Å²) < 4.78 is 32.1. The molecule has 0 amide bonds. The zero-order valence-corrected chi connectivity index (χ0v) is 14.0. The minimum Gasteiger partial charge on any atom is -0.392 e. The molecule has 2 atom stereocenters. The molecule has 1 aliphatic heterocycles. The highest BCUT2D eigenvalue weighted by Gasteiger charge is 2.36. The van der Waals surface area contributed by atoms with E-state index in [1.54, 1.807) is 0 Å². The maximum atomic E-state index is 12.7. The zero-order valence-electron chi connectivity index (χ0n) is 11.7. The SMILES string of the molecule is CC1OCCC1N(C)S(=O)(=O)c1cc(CO)c(Cl)cc1Cl. The highest BCUT2D eigenvalue weighted by Crippen LogP contribution is 2.32. The van der Waals surface area contributed by atoms with Crippen molar-refractivity contribution in [3.05, 3.63) is 27.7 Å². The zero-order chi connectivity index (χ0) is 15.8. The Bertz CT molecular complexity index is 635. The van der Waals surface area contributed by atoms with Crippen LogP contribution in [0.15, 0.2) is 17.0 Å². The smallest absolute Gasteiger partial charge is 0.244 e. The van der Waals surface area contributed by atoms with Crippen molar-refractivity contribution in [3.63, 3.8) is 0 Å². The topological polar surface area (TPSA) is 66.8 Å². The van der Waals surface area contributed by atoms with Gasteiger partial charge in [0.25, 0.3) is 0 Å². The van der Waals surface area contributed by atoms with Crippen LogP contribution in [0, 0.1) is 0 Å². The summed E-state index contributed by atoms with van der Waals surface area (Å²) in [5, 5.41) is 9.51. The molecular formula is C13H17Cl2NO4S. The first-order valence-corrected chi connectivity index (χ1v) is 8.67. The van der Waals surface area contributed by atoms with Crippen LogP contribution >= 0.6 is 23.2 Å². The Morgan fingerprint density at radius 3 is 2.57 bits per heavy atom. The molecule has 2 rings (SSSR count). The van der Waals surface area contributed by atoms with E-state index >= 15 is 0 Å². The fourth-order valence-corrected chi connectivity index (χ4v) is 4.70. The maximum absolute atomic E-state index is 12.7. The van der Waals surface area contributed by atoms with Crippen LogP contribution in [0.25, 0.3) is 0 Å². The predicted octanol–water partition coefficient (Wildman–Crippen LogP) is 2.28. The summed E-state index contributed by atoms with van der Waals surface area (Å²) in [6.07, 6.45) is 0.461. The van der Waals surface area contributed by atoms with E-state index in [1.807, 2.05) is 6.92 Å². The number of nitrogens with zero attached hydrogens (tertiary/aromatic N) is 1. The summed E-state index contributed by atoms with van der Waals surface area (Å²) in [5.41, 5.74) is 0.323. The first kappa shape index (κ1) is 17.0. The van der Waals surface area contributed by atoms with Crippen molar-refractivity contribution in [2.45, 2.75) is 37.0 Å². The molecule has 1 aromatic carbocycles. The quantitative estimate of drug-likeness (QED) is 0.901. The van der Waals surface area contributed by atoms with Gasteiger partial charge in [0.1, 0.15) is 4.90 Å². The fraction of sp³-hybridized carbons (Fsp3) is 0.538. The van der Waals surface area contributed by atoms with Gasteiger partial charge in [-0.1, -0.05) is 23.2 Å². The van der Waals surface area contributed by atoms with Crippen molar-refractivity contribution in [1.29, 1.82) is 0 Å². The first-order chi connectivity index (χ1) is 9.78. The Kier molecular flexibility index (Phi) is 5.18. The highest BCUT2D eigenvalue weighted by molar-refractivity contribution is 7.89. The second-order valence-electron chi connectivity index (χ2n) is 4.99. The molecule has 1 N–H and O–H groups in total. The maximum Gasteiger partial charge on any atom is 0.244 e. The molecular weight excluding hydrogens is 337 g/mol. The van der Waals surface area contributed by atoms with Crippen LogP contribution in [0.2, 0.25) is 10.0 Å². The molecule has 1 aliphatic rings. The molecule has 0 saturated carbocycles. The van der Waals surface area contributed by atoms with E-state index < -0.39 is 10.0 Å². The lowest BCUT2D eigenvalue weighted by atomic mass is 10.2. The van der Waals surface area contributed by atoms with Gasteiger partial charge in [-0.25, -0.2) is 8.42 Å². The molecule has 21 heavy (non-hydrogen) atoms. The van der Waals surface area contributed by atoms with Gasteiger partial charge >= 0.3 is 0 Å². The third kappa shape index (κ3) is 3.21. The number of hydrogen-bond donors (Lipinski definition) is 1. The van der Waals surface area contributed by atoms with E-state index in [9.17, 15) is 13.5 Å². The summed E-state index contributed by atoms with van der Waals surface area (Å²) in [7, 11) is -2.28. The number of halogens is 2. The molecule has 0 spiro atoms. The van der Waals surface area contributed by atoms with Gasteiger partial charge in [-0.15, -0.1) is 0 Å². The Morgan fingerprint density at radius 2 is 2.05 bits per heavy atom. The molecule has 0 bridgehead atoms. The van der Waals surface area contributed by atoms with Crippen LogP contribution in [-0.2, 0) is 21.4 Å². The van der Waals surface area contributed by atoms with E-state index in [4.69, 9.17) is 27.9 Å². The lowest BCUT2D eigenvalue weighted by Gasteiger charge is -2.26. The largest absolute Gasteiger partial charge is 0.392 e. The number of sulfonamides is 1. The third-order valence-electron chi connectivity index (χ3n) is 3.73. The Morgan fingerprint density at radius 1 is 1.38 bits per heavy atom. The minimum absolute atomic E-state index is 0.0376. The van der Waals surface area contributed by atoms with E-state index in [0.29, 0.717) is 18.6 Å². The average Bonchev–Trinajstić information content (AvgIpc) is 2.83. The molecule has 5 nitrogen and oxygen atoms in total. The van der Waals surface area contributed by atoms with E-state index in [2.05, 4.69) is 0 Å². The normalized spacial score (nSPS) is 23.0. The lowest BCUT2D eigenvalue weighted by molar-refractivity contribution is 0.102. The van der Waals surface area contributed by atoms with Crippen molar-refractivity contribution < 1.29 is 18.3 Å². The van der Waals surface area contributed by atoms with Gasteiger partial charge < -0.3 is 9.84 Å². The van der Waals surface area contributed by atoms with Gasteiger partial charge in [-0.3, -0.25) is 0 Å². The van der Waals surface area contributed by atoms with Crippen molar-refractivity contribution in [3.8, 4) is 0 Å². The van der Waals surface area contributed by atoms with E-state index in [1.165, 1.54) is 23.5 Å². The van der Waals surface area contributed by atoms with Crippen LogP contribution in [0.4, 0.5) is 0 Å². The molecule has 0 aliphatic carbocycles. The number of likely N-dealkylation sites (N-methyl/N-ethyl adjacent to an activating group) is 1. The van der Waals surface area contributed by atoms with E-state index in [-0.39, 0.29) is 33.7 Å². The number of aliphatic hydroxyl groups excluding tert-OH is 1. The highest BCUT2D eigenvalue weighted by atomic mass is 35.5. The summed E-state index contributed by atoms with van der Waals surface area (Å²) in [5.74, 6) is 0. The number of aliphatic hydroxyl groups is 1. The van der Waals surface area contributed by atoms with Gasteiger partial charge in [-0.05, 0) is 31.0 Å². The predicted molar refractivity (Wildman–Crippen MR) is 81.2 cm³/mol. The Labute approximate surface area is 134 Å². The Balaban J connectivity index is 2.44. The number of rotatable bonds is 4. The summed E-state index contributed by atoms with van der Waals surface area (Å²) in [4.78, 5) is -0.0563. The summed E-state index contributed by atoms with van der Waals surface area (Å²) in [6, 6.07) is 2.42. The van der Waals surface area contributed by atoms with Crippen LogP contribution in [0.5, 0.6) is 0 Å². The van der Waals surface area contributed by atoms with Gasteiger partial charge in [0.05, 0.1) is 23.8 Å². The first-order valence-electron chi connectivity index (χ1n) is 6.47. The monoisotopic (exact) mass is 353 g/mol. The van der Waals surface area contributed by atoms with Crippen LogP contribution < -0.4 is 0 Å². The molecule has 1 aromatic rings. The van der Waals surface area contributed by atoms with Crippen LogP contribution in [0.1, 0.15) is 18.9 Å². The molecule has 1 heterocycles. The van der Waals surface area contributed by atoms with Gasteiger partial charge in [-0.2, -0.15) is 4.31 Å². The molecule has 0 aromatic heterocycles.